The Bertz CT molecular complexity index is 696. The van der Waals surface area contributed by atoms with Gasteiger partial charge in [-0.2, -0.15) is 0 Å². The Balaban J connectivity index is 1.53. The van der Waals surface area contributed by atoms with Gasteiger partial charge in [0.2, 0.25) is 11.8 Å². The third kappa shape index (κ3) is 5.26. The average Bonchev–Trinajstić information content (AvgIpc) is 2.63. The largest absolute Gasteiger partial charge is 0.472 e. The summed E-state index contributed by atoms with van der Waals surface area (Å²) in [5.74, 6) is 0.144. The van der Waals surface area contributed by atoms with Crippen LogP contribution in [0.2, 0.25) is 0 Å². The maximum atomic E-state index is 13.2. The number of aromatic nitrogens is 1. The van der Waals surface area contributed by atoms with Crippen LogP contribution in [0.25, 0.3) is 0 Å². The second kappa shape index (κ2) is 8.58. The molecular formula is C19H21FN2O3. The molecule has 2 aromatic rings. The van der Waals surface area contributed by atoms with Crippen molar-refractivity contribution in [2.45, 2.75) is 31.4 Å². The number of carbonyl (C=O) groups is 1. The second-order valence-corrected chi connectivity index (χ2v) is 5.99. The summed E-state index contributed by atoms with van der Waals surface area (Å²) in [5.41, 5.74) is 0.802. The number of nitrogens with one attached hydrogen (secondary N) is 1. The fourth-order valence-electron chi connectivity index (χ4n) is 2.80. The van der Waals surface area contributed by atoms with Gasteiger partial charge in [0.25, 0.3) is 0 Å². The molecule has 0 unspecified atom stereocenters. The SMILES string of the molecule is O=C(CCc1cccc(F)c1)N[C@@H]1COCC[C@H]1Oc1ccccn1. The van der Waals surface area contributed by atoms with Gasteiger partial charge in [-0.15, -0.1) is 0 Å². The molecular weight excluding hydrogens is 323 g/mol. The molecule has 2 atom stereocenters. The van der Waals surface area contributed by atoms with Gasteiger partial charge >= 0.3 is 0 Å². The minimum atomic E-state index is -0.289. The quantitative estimate of drug-likeness (QED) is 0.875. The van der Waals surface area contributed by atoms with E-state index in [0.29, 0.717) is 31.9 Å². The highest BCUT2D eigenvalue weighted by Gasteiger charge is 2.29. The van der Waals surface area contributed by atoms with Crippen LogP contribution in [0, 0.1) is 5.82 Å². The van der Waals surface area contributed by atoms with Crippen molar-refractivity contribution < 1.29 is 18.7 Å². The molecule has 1 fully saturated rings. The molecule has 1 N–H and O–H groups in total. The molecule has 6 heteroatoms. The zero-order valence-electron chi connectivity index (χ0n) is 13.9. The third-order valence-electron chi connectivity index (χ3n) is 4.08. The van der Waals surface area contributed by atoms with Crippen LogP contribution >= 0.6 is 0 Å². The Morgan fingerprint density at radius 1 is 1.32 bits per heavy atom. The van der Waals surface area contributed by atoms with Crippen LogP contribution in [0.4, 0.5) is 4.39 Å². The number of hydrogen-bond acceptors (Lipinski definition) is 4. The Kier molecular flexibility index (Phi) is 5.95. The number of aryl methyl sites for hydroxylation is 1. The van der Waals surface area contributed by atoms with E-state index in [-0.39, 0.29) is 30.3 Å². The van der Waals surface area contributed by atoms with Gasteiger partial charge < -0.3 is 14.8 Å². The first-order valence-electron chi connectivity index (χ1n) is 8.40. The highest BCUT2D eigenvalue weighted by atomic mass is 19.1. The normalized spacial score (nSPS) is 20.0. The highest BCUT2D eigenvalue weighted by molar-refractivity contribution is 5.76. The molecule has 2 heterocycles. The Morgan fingerprint density at radius 2 is 2.24 bits per heavy atom. The van der Waals surface area contributed by atoms with E-state index in [1.54, 1.807) is 18.3 Å². The van der Waals surface area contributed by atoms with E-state index in [1.165, 1.54) is 12.1 Å². The summed E-state index contributed by atoms with van der Waals surface area (Å²) in [7, 11) is 0. The molecule has 25 heavy (non-hydrogen) atoms. The van der Waals surface area contributed by atoms with Crippen LogP contribution in [0.1, 0.15) is 18.4 Å². The van der Waals surface area contributed by atoms with Crippen LogP contribution < -0.4 is 10.1 Å². The first kappa shape index (κ1) is 17.4. The monoisotopic (exact) mass is 344 g/mol. The van der Waals surface area contributed by atoms with Crippen molar-refractivity contribution in [1.29, 1.82) is 0 Å². The maximum Gasteiger partial charge on any atom is 0.220 e. The second-order valence-electron chi connectivity index (χ2n) is 5.99. The Labute approximate surface area is 146 Å². The molecule has 1 aromatic carbocycles. The standard InChI is InChI=1S/C19H21FN2O3/c20-15-5-3-4-14(12-15)7-8-18(23)22-16-13-24-11-9-17(16)25-19-6-1-2-10-21-19/h1-6,10,12,16-17H,7-9,11,13H2,(H,22,23)/t16-,17-/m1/s1. The molecule has 0 saturated carbocycles. The molecule has 1 aliphatic heterocycles. The summed E-state index contributed by atoms with van der Waals surface area (Å²) >= 11 is 0. The number of ether oxygens (including phenoxy) is 2. The van der Waals surface area contributed by atoms with Crippen molar-refractivity contribution >= 4 is 5.91 Å². The van der Waals surface area contributed by atoms with Gasteiger partial charge in [0.05, 0.1) is 19.3 Å². The average molecular weight is 344 g/mol. The summed E-state index contributed by atoms with van der Waals surface area (Å²) in [4.78, 5) is 16.4. The van der Waals surface area contributed by atoms with Crippen LogP contribution in [0.3, 0.4) is 0 Å². The molecule has 1 aromatic heterocycles. The smallest absolute Gasteiger partial charge is 0.220 e. The van der Waals surface area contributed by atoms with Gasteiger partial charge in [-0.25, -0.2) is 9.37 Å². The van der Waals surface area contributed by atoms with E-state index in [2.05, 4.69) is 10.3 Å². The number of benzene rings is 1. The highest BCUT2D eigenvalue weighted by Crippen LogP contribution is 2.16. The molecule has 0 radical (unpaired) electrons. The van der Waals surface area contributed by atoms with E-state index in [9.17, 15) is 9.18 Å². The third-order valence-corrected chi connectivity index (χ3v) is 4.08. The zero-order chi connectivity index (χ0) is 17.5. The number of rotatable bonds is 6. The molecule has 1 saturated heterocycles. The van der Waals surface area contributed by atoms with E-state index in [4.69, 9.17) is 9.47 Å². The number of nitrogens with zero attached hydrogens (tertiary/aromatic N) is 1. The lowest BCUT2D eigenvalue weighted by Crippen LogP contribution is -2.51. The Morgan fingerprint density at radius 3 is 3.04 bits per heavy atom. The van der Waals surface area contributed by atoms with E-state index in [1.807, 2.05) is 18.2 Å². The van der Waals surface area contributed by atoms with Crippen LogP contribution in [-0.4, -0.2) is 36.3 Å². The summed E-state index contributed by atoms with van der Waals surface area (Å²) in [6, 6.07) is 11.5. The number of amides is 1. The number of carbonyl (C=O) groups excluding carboxylic acids is 1. The molecule has 1 aliphatic rings. The van der Waals surface area contributed by atoms with Gasteiger partial charge in [0, 0.05) is 25.1 Å². The number of hydrogen-bond donors (Lipinski definition) is 1. The van der Waals surface area contributed by atoms with Crippen LogP contribution in [-0.2, 0) is 16.0 Å². The van der Waals surface area contributed by atoms with Gasteiger partial charge in [0.1, 0.15) is 11.9 Å². The summed E-state index contributed by atoms with van der Waals surface area (Å²) in [6.07, 6.45) is 2.95. The summed E-state index contributed by atoms with van der Waals surface area (Å²) in [6.45, 7) is 0.996. The molecule has 0 bridgehead atoms. The van der Waals surface area contributed by atoms with Crippen molar-refractivity contribution in [2.75, 3.05) is 13.2 Å². The lowest BCUT2D eigenvalue weighted by atomic mass is 10.1. The van der Waals surface area contributed by atoms with Crippen molar-refractivity contribution in [1.82, 2.24) is 10.3 Å². The molecule has 5 nitrogen and oxygen atoms in total. The lowest BCUT2D eigenvalue weighted by molar-refractivity contribution is -0.124. The van der Waals surface area contributed by atoms with Crippen molar-refractivity contribution in [2.24, 2.45) is 0 Å². The van der Waals surface area contributed by atoms with Crippen molar-refractivity contribution in [3.63, 3.8) is 0 Å². The fourth-order valence-corrected chi connectivity index (χ4v) is 2.80. The molecule has 0 aliphatic carbocycles. The van der Waals surface area contributed by atoms with E-state index in [0.717, 1.165) is 5.56 Å². The van der Waals surface area contributed by atoms with Crippen molar-refractivity contribution in [3.8, 4) is 5.88 Å². The molecule has 132 valence electrons. The predicted octanol–water partition coefficient (Wildman–Crippen LogP) is 2.51. The Hall–Kier alpha value is -2.47. The molecule has 1 amide bonds. The maximum absolute atomic E-state index is 13.2. The molecule has 0 spiro atoms. The molecule has 3 rings (SSSR count). The first-order chi connectivity index (χ1) is 12.2. The number of pyridine rings is 1. The van der Waals surface area contributed by atoms with Gasteiger partial charge in [-0.1, -0.05) is 18.2 Å². The lowest BCUT2D eigenvalue weighted by Gasteiger charge is -2.32. The van der Waals surface area contributed by atoms with Gasteiger partial charge in [0.15, 0.2) is 0 Å². The van der Waals surface area contributed by atoms with Gasteiger partial charge in [-0.3, -0.25) is 4.79 Å². The topological polar surface area (TPSA) is 60.5 Å². The number of halogens is 1. The summed E-state index contributed by atoms with van der Waals surface area (Å²) in [5, 5.41) is 2.96. The minimum absolute atomic E-state index is 0.102. The van der Waals surface area contributed by atoms with Gasteiger partial charge in [-0.05, 0) is 30.2 Å². The zero-order valence-corrected chi connectivity index (χ0v) is 13.9. The minimum Gasteiger partial charge on any atom is -0.472 e. The fraction of sp³-hybridized carbons (Fsp3) is 0.368. The van der Waals surface area contributed by atoms with Crippen molar-refractivity contribution in [3.05, 3.63) is 60.0 Å². The summed E-state index contributed by atoms with van der Waals surface area (Å²) < 4.78 is 24.5. The van der Waals surface area contributed by atoms with E-state index >= 15 is 0 Å². The van der Waals surface area contributed by atoms with E-state index < -0.39 is 0 Å². The first-order valence-corrected chi connectivity index (χ1v) is 8.40. The predicted molar refractivity (Wildman–Crippen MR) is 90.7 cm³/mol. The van der Waals surface area contributed by atoms with Crippen LogP contribution in [0.15, 0.2) is 48.7 Å². The van der Waals surface area contributed by atoms with Crippen LogP contribution in [0.5, 0.6) is 5.88 Å².